The number of nitrogens with one attached hydrogen (secondary N) is 2. The lowest BCUT2D eigenvalue weighted by Crippen LogP contribution is -2.13. The smallest absolute Gasteiger partial charge is 0.110 e. The summed E-state index contributed by atoms with van der Waals surface area (Å²) in [6.07, 6.45) is 6.85. The fraction of sp³-hybridized carbons (Fsp3) is 0.115. The molecule has 0 saturated heterocycles. The number of nitrogens with zero attached hydrogens (tertiary/aromatic N) is 6. The largest absolute Gasteiger partial charge is 0.373 e. The minimum Gasteiger partial charge on any atom is -0.373 e. The third-order valence-electron chi connectivity index (χ3n) is 5.73. The van der Waals surface area contributed by atoms with Gasteiger partial charge in [0.1, 0.15) is 11.8 Å². The van der Waals surface area contributed by atoms with Crippen LogP contribution in [0.4, 0.5) is 17.1 Å². The third-order valence-corrected chi connectivity index (χ3v) is 6.43. The van der Waals surface area contributed by atoms with Gasteiger partial charge in [0.25, 0.3) is 0 Å². The van der Waals surface area contributed by atoms with E-state index in [4.69, 9.17) is 23.2 Å². The number of pyridine rings is 2. The summed E-state index contributed by atoms with van der Waals surface area (Å²) in [5.74, 6) is 0. The maximum atomic E-state index is 9.81. The van der Waals surface area contributed by atoms with Crippen LogP contribution in [0.2, 0.25) is 10.0 Å². The number of hydrogen-bond acceptors (Lipinski definition) is 7. The monoisotopic (exact) mass is 514 g/mol. The van der Waals surface area contributed by atoms with E-state index in [2.05, 4.69) is 37.0 Å². The molecule has 2 aromatic carbocycles. The molecule has 5 aromatic rings. The second kappa shape index (κ2) is 9.82. The first-order valence-corrected chi connectivity index (χ1v) is 11.8. The molecule has 0 spiro atoms. The van der Waals surface area contributed by atoms with Crippen molar-refractivity contribution in [3.63, 3.8) is 0 Å². The molecular weight excluding hydrogens is 495 g/mol. The molecule has 5 rings (SSSR count). The van der Waals surface area contributed by atoms with Crippen LogP contribution in [0.15, 0.2) is 67.3 Å². The molecule has 0 aliphatic heterocycles. The van der Waals surface area contributed by atoms with Gasteiger partial charge in [0.15, 0.2) is 0 Å². The Morgan fingerprint density at radius 3 is 2.58 bits per heavy atom. The quantitative estimate of drug-likeness (QED) is 0.278. The number of aryl methyl sites for hydroxylation is 2. The number of benzene rings is 2. The van der Waals surface area contributed by atoms with Gasteiger partial charge in [-0.05, 0) is 48.4 Å². The van der Waals surface area contributed by atoms with Gasteiger partial charge in [-0.3, -0.25) is 14.6 Å². The van der Waals surface area contributed by atoms with Crippen LogP contribution in [-0.2, 0) is 7.05 Å². The van der Waals surface area contributed by atoms with E-state index in [0.29, 0.717) is 37.9 Å². The standard InChI is InChI=1S/C26H20Cl2N8/c1-15-5-6-18(9-21(15)27)32-24-17(11-29)13-31-26-20(24)8-19(10-22(26)28)33-25(16-4-3-7-30-12-16)23-14-36(2)35-34-23/h3-10,12-14,25,33H,1-2H3,(H,31,32)/t25-/m0/s1. The number of rotatable bonds is 6. The Balaban J connectivity index is 1.62. The summed E-state index contributed by atoms with van der Waals surface area (Å²) in [4.78, 5) is 8.70. The van der Waals surface area contributed by atoms with E-state index >= 15 is 0 Å². The number of anilines is 3. The minimum absolute atomic E-state index is 0.333. The average Bonchev–Trinajstić information content (AvgIpc) is 3.31. The Morgan fingerprint density at radius 1 is 1.06 bits per heavy atom. The van der Waals surface area contributed by atoms with E-state index in [1.807, 2.05) is 56.6 Å². The second-order valence-electron chi connectivity index (χ2n) is 8.28. The highest BCUT2D eigenvalue weighted by Gasteiger charge is 2.20. The van der Waals surface area contributed by atoms with E-state index in [9.17, 15) is 5.26 Å². The number of halogens is 2. The number of aromatic nitrogens is 5. The Morgan fingerprint density at radius 2 is 1.89 bits per heavy atom. The van der Waals surface area contributed by atoms with Crippen LogP contribution in [0, 0.1) is 18.3 Å². The maximum absolute atomic E-state index is 9.81. The van der Waals surface area contributed by atoms with Crippen LogP contribution in [-0.4, -0.2) is 25.0 Å². The Labute approximate surface area is 217 Å². The molecule has 0 amide bonds. The molecule has 3 heterocycles. The molecule has 0 aliphatic carbocycles. The van der Waals surface area contributed by atoms with Gasteiger partial charge in [-0.1, -0.05) is 40.5 Å². The normalized spacial score (nSPS) is 11.8. The molecular formula is C26H20Cl2N8. The fourth-order valence-corrected chi connectivity index (χ4v) is 4.36. The molecule has 0 radical (unpaired) electrons. The van der Waals surface area contributed by atoms with Crippen LogP contribution >= 0.6 is 23.2 Å². The molecule has 178 valence electrons. The van der Waals surface area contributed by atoms with Crippen molar-refractivity contribution in [3.8, 4) is 6.07 Å². The fourth-order valence-electron chi connectivity index (χ4n) is 3.92. The summed E-state index contributed by atoms with van der Waals surface area (Å²) in [5.41, 5.74) is 5.59. The van der Waals surface area contributed by atoms with E-state index in [-0.39, 0.29) is 6.04 Å². The highest BCUT2D eigenvalue weighted by Crippen LogP contribution is 2.37. The lowest BCUT2D eigenvalue weighted by Gasteiger charge is -2.19. The first-order valence-electron chi connectivity index (χ1n) is 11.0. The van der Waals surface area contributed by atoms with E-state index < -0.39 is 0 Å². The molecule has 8 nitrogen and oxygen atoms in total. The molecule has 3 aromatic heterocycles. The van der Waals surface area contributed by atoms with Gasteiger partial charge in [0.2, 0.25) is 0 Å². The van der Waals surface area contributed by atoms with Crippen LogP contribution in [0.1, 0.15) is 28.4 Å². The van der Waals surface area contributed by atoms with Gasteiger partial charge < -0.3 is 10.6 Å². The molecule has 36 heavy (non-hydrogen) atoms. The Kier molecular flexibility index (Phi) is 6.42. The van der Waals surface area contributed by atoms with Crippen LogP contribution in [0.3, 0.4) is 0 Å². The molecule has 0 unspecified atom stereocenters. The SMILES string of the molecule is Cc1ccc(Nc2c(C#N)cnc3c(Cl)cc(N[C@@H](c4cccnc4)c4cn(C)nn4)cc23)cc1Cl. The van der Waals surface area contributed by atoms with Crippen molar-refractivity contribution in [1.82, 2.24) is 25.0 Å². The highest BCUT2D eigenvalue weighted by molar-refractivity contribution is 6.36. The predicted molar refractivity (Wildman–Crippen MR) is 142 cm³/mol. The lowest BCUT2D eigenvalue weighted by molar-refractivity contribution is 0.712. The van der Waals surface area contributed by atoms with Gasteiger partial charge in [0.05, 0.1) is 34.0 Å². The van der Waals surface area contributed by atoms with Crippen molar-refractivity contribution in [2.75, 3.05) is 10.6 Å². The van der Waals surface area contributed by atoms with Crippen molar-refractivity contribution in [3.05, 3.63) is 99.7 Å². The maximum Gasteiger partial charge on any atom is 0.110 e. The van der Waals surface area contributed by atoms with Crippen molar-refractivity contribution in [2.45, 2.75) is 13.0 Å². The predicted octanol–water partition coefficient (Wildman–Crippen LogP) is 6.19. The van der Waals surface area contributed by atoms with E-state index in [1.165, 1.54) is 6.20 Å². The summed E-state index contributed by atoms with van der Waals surface area (Å²) in [6.45, 7) is 1.93. The first-order chi connectivity index (χ1) is 17.4. The average molecular weight is 515 g/mol. The van der Waals surface area contributed by atoms with Crippen molar-refractivity contribution in [1.29, 1.82) is 5.26 Å². The molecule has 1 atom stereocenters. The van der Waals surface area contributed by atoms with E-state index in [1.54, 1.807) is 23.1 Å². The third kappa shape index (κ3) is 4.67. The van der Waals surface area contributed by atoms with Crippen molar-refractivity contribution in [2.24, 2.45) is 7.05 Å². The summed E-state index contributed by atoms with van der Waals surface area (Å²) >= 11 is 13.0. The first kappa shape index (κ1) is 23.5. The molecule has 10 heteroatoms. The Bertz CT molecular complexity index is 1610. The zero-order valence-electron chi connectivity index (χ0n) is 19.4. The second-order valence-corrected chi connectivity index (χ2v) is 9.10. The zero-order chi connectivity index (χ0) is 25.2. The van der Waals surface area contributed by atoms with Gasteiger partial charge in [-0.25, -0.2) is 0 Å². The van der Waals surface area contributed by atoms with Gasteiger partial charge in [-0.2, -0.15) is 5.26 Å². The van der Waals surface area contributed by atoms with Crippen LogP contribution in [0.25, 0.3) is 10.9 Å². The van der Waals surface area contributed by atoms with Crippen LogP contribution in [0.5, 0.6) is 0 Å². The van der Waals surface area contributed by atoms with Crippen molar-refractivity contribution >= 4 is 51.2 Å². The van der Waals surface area contributed by atoms with Gasteiger partial charge in [-0.15, -0.1) is 5.10 Å². The summed E-state index contributed by atoms with van der Waals surface area (Å²) in [5, 5.41) is 26.8. The van der Waals surface area contributed by atoms with Gasteiger partial charge >= 0.3 is 0 Å². The summed E-state index contributed by atoms with van der Waals surface area (Å²) in [7, 11) is 1.81. The van der Waals surface area contributed by atoms with Crippen molar-refractivity contribution < 1.29 is 0 Å². The molecule has 0 aliphatic rings. The molecule has 0 bridgehead atoms. The Hall–Kier alpha value is -4.19. The topological polar surface area (TPSA) is 104 Å². The molecule has 0 fully saturated rings. The number of hydrogen-bond donors (Lipinski definition) is 2. The molecule has 0 saturated carbocycles. The molecule has 2 N–H and O–H groups in total. The zero-order valence-corrected chi connectivity index (χ0v) is 20.9. The van der Waals surface area contributed by atoms with Crippen LogP contribution < -0.4 is 10.6 Å². The summed E-state index contributed by atoms with van der Waals surface area (Å²) < 4.78 is 1.64. The summed E-state index contributed by atoms with van der Waals surface area (Å²) in [6, 6.07) is 15.1. The highest BCUT2D eigenvalue weighted by atomic mass is 35.5. The number of fused-ring (bicyclic) bond motifs is 1. The minimum atomic E-state index is -0.333. The lowest BCUT2D eigenvalue weighted by atomic mass is 10.0. The van der Waals surface area contributed by atoms with E-state index in [0.717, 1.165) is 22.5 Å². The van der Waals surface area contributed by atoms with Gasteiger partial charge in [0, 0.05) is 47.4 Å². The number of nitriles is 1.